The molecule has 92 valence electrons. The molecule has 3 aromatic rings. The van der Waals surface area contributed by atoms with Crippen LogP contribution in [-0.4, -0.2) is 50.7 Å². The first-order valence-electron chi connectivity index (χ1n) is 5.49. The average Bonchev–Trinajstić information content (AvgIpc) is 2.76. The van der Waals surface area contributed by atoms with Crippen molar-refractivity contribution in [1.29, 1.82) is 0 Å². The summed E-state index contributed by atoms with van der Waals surface area (Å²) in [7, 11) is 1.61. The standard InChI is InChI=1S/C12H8ClN4O.Tl/c1-18-12-10-8(3-5-15-12)16-17-11(10)7-2-4-14-9(13)6-7;/h2-6H,1H3;/q-1;+1. The first-order chi connectivity index (χ1) is 9.20. The summed E-state index contributed by atoms with van der Waals surface area (Å²) in [5.41, 5.74) is 2.77. The molecule has 0 aliphatic carbocycles. The number of rotatable bonds is 2. The zero-order valence-corrected chi connectivity index (χ0v) is 15.3. The molecule has 19 heavy (non-hydrogen) atoms. The average molecular weight is 464 g/mol. The van der Waals surface area contributed by atoms with Gasteiger partial charge in [-0.25, -0.2) is 0 Å². The van der Waals surface area contributed by atoms with Crippen LogP contribution in [0.15, 0.2) is 30.6 Å². The summed E-state index contributed by atoms with van der Waals surface area (Å²) in [5.74, 6) is 0.576. The van der Waals surface area contributed by atoms with Gasteiger partial charge in [0.2, 0.25) is 0 Å². The number of hydrogen-bond acceptors (Lipinski definition) is 4. The molecule has 0 aliphatic rings. The minimum absolute atomic E-state index is 0.443. The molecule has 3 aromatic heterocycles. The van der Waals surface area contributed by atoms with Crippen LogP contribution in [0.2, 0.25) is 5.15 Å². The fraction of sp³-hybridized carbons (Fsp3) is 0.0833. The molecule has 0 saturated carbocycles. The number of ether oxygens (including phenoxy) is 1. The summed E-state index contributed by atoms with van der Waals surface area (Å²) < 4.78 is 7.30. The van der Waals surface area contributed by atoms with Gasteiger partial charge < -0.3 is 0 Å². The summed E-state index contributed by atoms with van der Waals surface area (Å²) in [6.45, 7) is 0. The Hall–Kier alpha value is -1.22. The summed E-state index contributed by atoms with van der Waals surface area (Å²) >= 11 is 6.51. The van der Waals surface area contributed by atoms with E-state index in [1.807, 2.05) is 14.6 Å². The van der Waals surface area contributed by atoms with E-state index in [4.69, 9.17) is 16.3 Å². The molecule has 0 fully saturated rings. The van der Waals surface area contributed by atoms with E-state index in [0.29, 0.717) is 37.1 Å². The van der Waals surface area contributed by atoms with Crippen LogP contribution in [0, 0.1) is 0 Å². The second-order valence-electron chi connectivity index (χ2n) is 3.87. The normalized spacial score (nSPS) is 10.8. The molecule has 5 nitrogen and oxygen atoms in total. The summed E-state index contributed by atoms with van der Waals surface area (Å²) in [6.07, 6.45) is 3.39. The molecule has 0 aliphatic heterocycles. The molecule has 0 unspecified atom stereocenters. The molecule has 3 rings (SSSR count). The van der Waals surface area contributed by atoms with Gasteiger partial charge in [0, 0.05) is 0 Å². The fourth-order valence-electron chi connectivity index (χ4n) is 1.96. The van der Waals surface area contributed by atoms with Crippen LogP contribution in [0.1, 0.15) is 0 Å². The molecular weight excluding hydrogens is 456 g/mol. The van der Waals surface area contributed by atoms with Crippen LogP contribution in [-0.2, 0) is 0 Å². The molecule has 0 radical (unpaired) electrons. The molecule has 0 N–H and O–H groups in total. The van der Waals surface area contributed by atoms with E-state index >= 15 is 0 Å². The Morgan fingerprint density at radius 2 is 2.05 bits per heavy atom. The second-order valence-corrected chi connectivity index (χ2v) is 6.16. The number of fused-ring (bicyclic) bond motifs is 1. The maximum atomic E-state index is 5.94. The second kappa shape index (κ2) is 5.05. The monoisotopic (exact) mass is 464 g/mol. The Kier molecular flexibility index (Phi) is 3.40. The first kappa shape index (κ1) is 12.8. The molecular formula is C12H8ClN4OTl. The Morgan fingerprint density at radius 1 is 1.26 bits per heavy atom. The molecule has 0 bridgehead atoms. The van der Waals surface area contributed by atoms with E-state index < -0.39 is 0 Å². The van der Waals surface area contributed by atoms with Crippen molar-refractivity contribution in [3.8, 4) is 17.1 Å². The summed E-state index contributed by atoms with van der Waals surface area (Å²) in [6, 6.07) is 5.61. The zero-order valence-electron chi connectivity index (χ0n) is 10.0. The molecule has 0 spiro atoms. The van der Waals surface area contributed by atoms with Crippen molar-refractivity contribution in [3.05, 3.63) is 35.7 Å². The van der Waals surface area contributed by atoms with E-state index in [2.05, 4.69) is 15.1 Å². The number of hydrogen-bond donors (Lipinski definition) is 0. The van der Waals surface area contributed by atoms with Crippen LogP contribution in [0.4, 0.5) is 0 Å². The van der Waals surface area contributed by atoms with E-state index in [9.17, 15) is 0 Å². The number of nitrogens with zero attached hydrogens (tertiary/aromatic N) is 4. The molecule has 7 heteroatoms. The van der Waals surface area contributed by atoms with Crippen LogP contribution < -0.4 is 4.74 Å². The predicted octanol–water partition coefficient (Wildman–Crippen LogP) is 2.09. The Morgan fingerprint density at radius 3 is 2.79 bits per heavy atom. The van der Waals surface area contributed by atoms with Crippen LogP contribution in [0.5, 0.6) is 5.88 Å². The molecule has 0 aromatic carbocycles. The Labute approximate surface area is 130 Å². The van der Waals surface area contributed by atoms with Crippen molar-refractivity contribution < 1.29 is 4.74 Å². The van der Waals surface area contributed by atoms with Crippen molar-refractivity contribution in [2.24, 2.45) is 0 Å². The van der Waals surface area contributed by atoms with Gasteiger partial charge in [-0.3, -0.25) is 0 Å². The molecule has 0 amide bonds. The molecule has 0 saturated heterocycles. The predicted molar refractivity (Wildman–Crippen MR) is 73.5 cm³/mol. The van der Waals surface area contributed by atoms with Crippen molar-refractivity contribution in [2.45, 2.75) is 0 Å². The van der Waals surface area contributed by atoms with Crippen LogP contribution in [0.3, 0.4) is 0 Å². The van der Waals surface area contributed by atoms with Crippen molar-refractivity contribution in [1.82, 2.24) is 17.6 Å². The summed E-state index contributed by atoms with van der Waals surface area (Å²) in [4.78, 5) is 8.23. The topological polar surface area (TPSA) is 52.8 Å². The Bertz CT molecular complexity index is 759. The SMILES string of the molecule is COc1nccc2c1c(-c1ccnc(Cl)c1)n[n]2[Tl]. The number of aromatic nitrogens is 4. The zero-order chi connectivity index (χ0) is 13.4. The Balaban J connectivity index is 2.35. The van der Waals surface area contributed by atoms with Gasteiger partial charge in [0.1, 0.15) is 0 Å². The van der Waals surface area contributed by atoms with Gasteiger partial charge in [0.05, 0.1) is 0 Å². The quantitative estimate of drug-likeness (QED) is 0.431. The number of methoxy groups -OCH3 is 1. The van der Waals surface area contributed by atoms with Gasteiger partial charge in [-0.05, 0) is 0 Å². The third-order valence-electron chi connectivity index (χ3n) is 2.78. The molecule has 0 atom stereocenters. The van der Waals surface area contributed by atoms with Gasteiger partial charge in [0.15, 0.2) is 0 Å². The minimum atomic E-state index is 0.443. The van der Waals surface area contributed by atoms with E-state index in [1.54, 1.807) is 25.6 Å². The van der Waals surface area contributed by atoms with E-state index in [0.717, 1.165) is 22.2 Å². The fourth-order valence-corrected chi connectivity index (χ4v) is 3.42. The first-order valence-corrected chi connectivity index (χ1v) is 7.88. The maximum absolute atomic E-state index is 5.94. The van der Waals surface area contributed by atoms with Gasteiger partial charge in [-0.2, -0.15) is 0 Å². The van der Waals surface area contributed by atoms with E-state index in [1.165, 1.54) is 0 Å². The van der Waals surface area contributed by atoms with Gasteiger partial charge in [-0.15, -0.1) is 0 Å². The van der Waals surface area contributed by atoms with Crippen molar-refractivity contribution in [3.63, 3.8) is 0 Å². The van der Waals surface area contributed by atoms with Crippen LogP contribution in [0.25, 0.3) is 22.2 Å². The van der Waals surface area contributed by atoms with Crippen molar-refractivity contribution in [2.75, 3.05) is 7.11 Å². The van der Waals surface area contributed by atoms with Gasteiger partial charge in [0.25, 0.3) is 0 Å². The third-order valence-corrected chi connectivity index (χ3v) is 4.52. The molecule has 3 heterocycles. The number of halogens is 1. The van der Waals surface area contributed by atoms with E-state index in [-0.39, 0.29) is 0 Å². The van der Waals surface area contributed by atoms with Gasteiger partial charge in [-0.1, -0.05) is 0 Å². The van der Waals surface area contributed by atoms with Gasteiger partial charge >= 0.3 is 131 Å². The third kappa shape index (κ3) is 2.20. The van der Waals surface area contributed by atoms with Crippen LogP contribution >= 0.6 is 11.6 Å². The van der Waals surface area contributed by atoms with Crippen molar-refractivity contribution >= 4 is 48.6 Å². The number of pyridine rings is 2. The summed E-state index contributed by atoms with van der Waals surface area (Å²) in [5, 5.41) is 5.95.